The summed E-state index contributed by atoms with van der Waals surface area (Å²) < 4.78 is 2.46. The Morgan fingerprint density at radius 1 is 0.529 bits per heavy atom. The minimum Gasteiger partial charge on any atom is -0.308 e. The van der Waals surface area contributed by atoms with Crippen LogP contribution in [0.1, 0.15) is 43.7 Å². The third-order valence-electron chi connectivity index (χ3n) is 11.9. The molecule has 1 fully saturated rings. The SMILES string of the molecule is C[C@H]1CCCC[C@]12c1ccccc1-c1ccc(N(c3ccc(-c4ccccc4)cc3)c3ccccc3-n3c4ccccc4c4ccccc43)cc12. The Hall–Kier alpha value is -5.86. The van der Waals surface area contributed by atoms with Crippen LogP contribution in [0.25, 0.3) is 49.7 Å². The summed E-state index contributed by atoms with van der Waals surface area (Å²) in [6.07, 6.45) is 5.04. The van der Waals surface area contributed by atoms with E-state index >= 15 is 0 Å². The zero-order valence-electron chi connectivity index (χ0n) is 29.0. The van der Waals surface area contributed by atoms with Crippen molar-refractivity contribution in [3.8, 4) is 27.9 Å². The van der Waals surface area contributed by atoms with Gasteiger partial charge in [-0.15, -0.1) is 0 Å². The van der Waals surface area contributed by atoms with Crippen LogP contribution in [-0.4, -0.2) is 4.57 Å². The molecule has 10 rings (SSSR count). The highest BCUT2D eigenvalue weighted by atomic mass is 15.2. The first-order chi connectivity index (χ1) is 25.2. The van der Waals surface area contributed by atoms with Gasteiger partial charge in [-0.05, 0) is 101 Å². The summed E-state index contributed by atoms with van der Waals surface area (Å²) in [5, 5.41) is 2.54. The molecule has 0 unspecified atom stereocenters. The predicted octanol–water partition coefficient (Wildman–Crippen LogP) is 13.4. The van der Waals surface area contributed by atoms with Crippen molar-refractivity contribution in [2.24, 2.45) is 5.92 Å². The van der Waals surface area contributed by atoms with Gasteiger partial charge in [-0.2, -0.15) is 0 Å². The zero-order valence-corrected chi connectivity index (χ0v) is 29.0. The van der Waals surface area contributed by atoms with E-state index in [4.69, 9.17) is 0 Å². The Labute approximate surface area is 300 Å². The van der Waals surface area contributed by atoms with E-state index in [2.05, 4.69) is 186 Å². The lowest BCUT2D eigenvalue weighted by Crippen LogP contribution is -2.36. The number of nitrogens with zero attached hydrogens (tertiary/aromatic N) is 2. The van der Waals surface area contributed by atoms with E-state index in [1.54, 1.807) is 0 Å². The van der Waals surface area contributed by atoms with Crippen LogP contribution in [0.4, 0.5) is 17.1 Å². The molecule has 2 heteroatoms. The highest BCUT2D eigenvalue weighted by molar-refractivity contribution is 6.10. The van der Waals surface area contributed by atoms with Crippen molar-refractivity contribution >= 4 is 38.9 Å². The first kappa shape index (κ1) is 30.0. The molecule has 0 N–H and O–H groups in total. The number of benzene rings is 7. The Bertz CT molecular complexity index is 2510. The minimum atomic E-state index is 0.0371. The Morgan fingerprint density at radius 2 is 1.14 bits per heavy atom. The molecule has 1 saturated carbocycles. The number of rotatable bonds is 5. The maximum absolute atomic E-state index is 2.55. The third-order valence-corrected chi connectivity index (χ3v) is 11.9. The van der Waals surface area contributed by atoms with E-state index in [-0.39, 0.29) is 5.41 Å². The first-order valence-corrected chi connectivity index (χ1v) is 18.5. The molecule has 0 amide bonds. The van der Waals surface area contributed by atoms with Gasteiger partial charge in [-0.3, -0.25) is 0 Å². The molecule has 1 heterocycles. The van der Waals surface area contributed by atoms with Crippen molar-refractivity contribution in [2.45, 2.75) is 38.0 Å². The lowest BCUT2D eigenvalue weighted by molar-refractivity contribution is 0.249. The van der Waals surface area contributed by atoms with E-state index in [9.17, 15) is 0 Å². The summed E-state index contributed by atoms with van der Waals surface area (Å²) in [4.78, 5) is 2.50. The largest absolute Gasteiger partial charge is 0.308 e. The molecule has 2 aliphatic carbocycles. The summed E-state index contributed by atoms with van der Waals surface area (Å²) in [6.45, 7) is 2.50. The second-order valence-electron chi connectivity index (χ2n) is 14.5. The molecule has 51 heavy (non-hydrogen) atoms. The van der Waals surface area contributed by atoms with Crippen molar-refractivity contribution in [3.05, 3.63) is 181 Å². The maximum atomic E-state index is 2.55. The Balaban J connectivity index is 1.22. The number of anilines is 3. The second-order valence-corrected chi connectivity index (χ2v) is 14.5. The number of hydrogen-bond acceptors (Lipinski definition) is 1. The zero-order chi connectivity index (χ0) is 33.9. The maximum Gasteiger partial charge on any atom is 0.0702 e. The molecule has 7 aromatic carbocycles. The summed E-state index contributed by atoms with van der Waals surface area (Å²) in [6, 6.07) is 62.9. The smallest absolute Gasteiger partial charge is 0.0702 e. The van der Waals surface area contributed by atoms with E-state index in [0.717, 1.165) is 17.1 Å². The molecule has 0 saturated heterocycles. The van der Waals surface area contributed by atoms with Gasteiger partial charge < -0.3 is 9.47 Å². The van der Waals surface area contributed by atoms with Crippen LogP contribution in [0.5, 0.6) is 0 Å². The number of hydrogen-bond donors (Lipinski definition) is 0. The quantitative estimate of drug-likeness (QED) is 0.179. The van der Waals surface area contributed by atoms with E-state index in [1.807, 2.05) is 0 Å². The normalized spacial score (nSPS) is 17.9. The van der Waals surface area contributed by atoms with Crippen molar-refractivity contribution in [1.29, 1.82) is 0 Å². The minimum absolute atomic E-state index is 0.0371. The highest BCUT2D eigenvalue weighted by Crippen LogP contribution is 2.59. The van der Waals surface area contributed by atoms with E-state index in [1.165, 1.54) is 86.6 Å². The standard InChI is InChI=1S/C49H40N2/c1-34-15-13-14-32-49(34)43-21-8-5-18-39(43)40-31-30-38(33-44(40)49)50(37-28-26-36(27-29-37)35-16-3-2-4-17-35)47-24-11-12-25-48(47)51-45-22-9-6-19-41(45)42-20-7-10-23-46(42)51/h2-12,16-31,33-34H,13-15,32H2,1H3/t34-,49+/m0/s1. The summed E-state index contributed by atoms with van der Waals surface area (Å²) >= 11 is 0. The topological polar surface area (TPSA) is 8.17 Å². The van der Waals surface area contributed by atoms with Crippen molar-refractivity contribution in [3.63, 3.8) is 0 Å². The van der Waals surface area contributed by atoms with E-state index in [0.29, 0.717) is 5.92 Å². The Kier molecular flexibility index (Phi) is 6.99. The molecular weight excluding hydrogens is 617 g/mol. The fourth-order valence-electron chi connectivity index (χ4n) is 9.56. The fraction of sp³-hybridized carbons (Fsp3) is 0.143. The van der Waals surface area contributed by atoms with Crippen LogP contribution < -0.4 is 4.90 Å². The number of aromatic nitrogens is 1. The van der Waals surface area contributed by atoms with Crippen molar-refractivity contribution < 1.29 is 0 Å². The lowest BCUT2D eigenvalue weighted by atomic mass is 9.62. The van der Waals surface area contributed by atoms with Crippen molar-refractivity contribution in [1.82, 2.24) is 4.57 Å². The summed E-state index contributed by atoms with van der Waals surface area (Å²) in [5.74, 6) is 0.576. The average molecular weight is 657 g/mol. The third kappa shape index (κ3) is 4.56. The molecule has 1 aromatic heterocycles. The van der Waals surface area contributed by atoms with Crippen LogP contribution >= 0.6 is 0 Å². The average Bonchev–Trinajstić information content (AvgIpc) is 3.67. The van der Waals surface area contributed by atoms with Gasteiger partial charge in [-0.1, -0.05) is 141 Å². The fourth-order valence-corrected chi connectivity index (χ4v) is 9.56. The number of para-hydroxylation sites is 4. The number of fused-ring (bicyclic) bond motifs is 8. The van der Waals surface area contributed by atoms with E-state index < -0.39 is 0 Å². The second kappa shape index (κ2) is 11.9. The molecule has 0 bridgehead atoms. The van der Waals surface area contributed by atoms with Gasteiger partial charge in [0.15, 0.2) is 0 Å². The predicted molar refractivity (Wildman–Crippen MR) is 215 cm³/mol. The van der Waals surface area contributed by atoms with Gasteiger partial charge in [-0.25, -0.2) is 0 Å². The van der Waals surface area contributed by atoms with Gasteiger partial charge in [0.25, 0.3) is 0 Å². The summed E-state index contributed by atoms with van der Waals surface area (Å²) in [5.41, 5.74) is 15.4. The molecule has 8 aromatic rings. The van der Waals surface area contributed by atoms with Crippen LogP contribution in [0.2, 0.25) is 0 Å². The Morgan fingerprint density at radius 3 is 1.90 bits per heavy atom. The molecule has 2 atom stereocenters. The monoisotopic (exact) mass is 656 g/mol. The van der Waals surface area contributed by atoms with Crippen LogP contribution in [-0.2, 0) is 5.41 Å². The van der Waals surface area contributed by atoms with Crippen LogP contribution in [0.3, 0.4) is 0 Å². The molecule has 0 radical (unpaired) electrons. The molecule has 2 nitrogen and oxygen atoms in total. The van der Waals surface area contributed by atoms with Crippen LogP contribution in [0.15, 0.2) is 170 Å². The lowest BCUT2D eigenvalue weighted by Gasteiger charge is -2.42. The van der Waals surface area contributed by atoms with Crippen molar-refractivity contribution in [2.75, 3.05) is 4.90 Å². The molecule has 0 aliphatic heterocycles. The molecule has 1 spiro atoms. The van der Waals surface area contributed by atoms with Crippen LogP contribution in [0, 0.1) is 5.92 Å². The molecule has 2 aliphatic rings. The first-order valence-electron chi connectivity index (χ1n) is 18.5. The van der Waals surface area contributed by atoms with Gasteiger partial charge in [0, 0.05) is 27.6 Å². The summed E-state index contributed by atoms with van der Waals surface area (Å²) in [7, 11) is 0. The highest BCUT2D eigenvalue weighted by Gasteiger charge is 2.48. The molecule has 246 valence electrons. The van der Waals surface area contributed by atoms with Gasteiger partial charge >= 0.3 is 0 Å². The molecular formula is C49H40N2. The van der Waals surface area contributed by atoms with Gasteiger partial charge in [0.05, 0.1) is 22.4 Å². The van der Waals surface area contributed by atoms with Gasteiger partial charge in [0.2, 0.25) is 0 Å². The van der Waals surface area contributed by atoms with Gasteiger partial charge in [0.1, 0.15) is 0 Å².